The van der Waals surface area contributed by atoms with E-state index in [4.69, 9.17) is 0 Å². The maximum atomic E-state index is 3.82. The van der Waals surface area contributed by atoms with Gasteiger partial charge in [0.15, 0.2) is 0 Å². The quantitative estimate of drug-likeness (QED) is 0.456. The van der Waals surface area contributed by atoms with Gasteiger partial charge in [0.25, 0.3) is 0 Å². The number of allylic oxidation sites excluding steroid dienone is 5. The van der Waals surface area contributed by atoms with E-state index in [1.54, 1.807) is 12.3 Å². The number of hydrogen-bond acceptors (Lipinski definition) is 1. The lowest BCUT2D eigenvalue weighted by molar-refractivity contribution is 1.43. The zero-order valence-corrected chi connectivity index (χ0v) is 8.88. The fourth-order valence-corrected chi connectivity index (χ4v) is 0.558. The maximum absolute atomic E-state index is 3.82. The second-order valence-electron chi connectivity index (χ2n) is 2.11. The van der Waals surface area contributed by atoms with Crippen molar-refractivity contribution in [2.45, 2.75) is 20.8 Å². The smallest absolute Gasteiger partial charge is 0.0266 e. The van der Waals surface area contributed by atoms with E-state index in [9.17, 15) is 0 Å². The summed E-state index contributed by atoms with van der Waals surface area (Å²) in [5, 5.41) is 0. The monoisotopic (exact) mass is 177 g/mol. The number of hydrogen-bond donors (Lipinski definition) is 0. The van der Waals surface area contributed by atoms with Gasteiger partial charge in [0, 0.05) is 6.20 Å². The standard InChI is InChI=1S/C10H13N.C2H6/c1-5-6-9(2)10(3)7-8-11-4;1-2/h5-8H,1,3-4H2,2H3;1-2H3/b8-7-,9-6+;. The molecule has 0 aliphatic heterocycles. The van der Waals surface area contributed by atoms with Gasteiger partial charge in [0.1, 0.15) is 0 Å². The van der Waals surface area contributed by atoms with Crippen molar-refractivity contribution in [3.05, 3.63) is 48.7 Å². The van der Waals surface area contributed by atoms with Crippen LogP contribution in [0.25, 0.3) is 0 Å². The lowest BCUT2D eigenvalue weighted by Gasteiger charge is -1.95. The first-order valence-electron chi connectivity index (χ1n) is 4.33. The Kier molecular flexibility index (Phi) is 11.6. The largest absolute Gasteiger partial charge is 0.272 e. The molecule has 0 fully saturated rings. The molecule has 0 spiro atoms. The van der Waals surface area contributed by atoms with E-state index in [1.807, 2.05) is 32.9 Å². The second-order valence-corrected chi connectivity index (χ2v) is 2.11. The van der Waals surface area contributed by atoms with E-state index in [0.717, 1.165) is 11.1 Å². The van der Waals surface area contributed by atoms with Crippen molar-refractivity contribution >= 4 is 6.72 Å². The average molecular weight is 177 g/mol. The number of aliphatic imine (C=N–C) groups is 1. The highest BCUT2D eigenvalue weighted by atomic mass is 14.6. The van der Waals surface area contributed by atoms with Crippen LogP contribution in [0.15, 0.2) is 53.7 Å². The Morgan fingerprint density at radius 3 is 2.23 bits per heavy atom. The molecule has 0 aromatic rings. The van der Waals surface area contributed by atoms with Crippen LogP contribution in [0.1, 0.15) is 20.8 Å². The van der Waals surface area contributed by atoms with Crippen molar-refractivity contribution in [2.24, 2.45) is 4.99 Å². The lowest BCUT2D eigenvalue weighted by atomic mass is 10.1. The molecule has 0 saturated carbocycles. The second kappa shape index (κ2) is 10.6. The van der Waals surface area contributed by atoms with Gasteiger partial charge in [-0.15, -0.1) is 0 Å². The van der Waals surface area contributed by atoms with Gasteiger partial charge < -0.3 is 0 Å². The molecule has 13 heavy (non-hydrogen) atoms. The molecule has 0 aromatic carbocycles. The molecule has 0 rings (SSSR count). The minimum absolute atomic E-state index is 0.928. The highest BCUT2D eigenvalue weighted by molar-refractivity contribution is 5.38. The SMILES string of the molecule is C=C/C=C(\C)C(=C)/C=C\N=C.CC. The van der Waals surface area contributed by atoms with Crippen molar-refractivity contribution in [1.29, 1.82) is 0 Å². The minimum atomic E-state index is 0.928. The van der Waals surface area contributed by atoms with Crippen molar-refractivity contribution in [2.75, 3.05) is 0 Å². The Morgan fingerprint density at radius 2 is 1.85 bits per heavy atom. The number of rotatable bonds is 4. The van der Waals surface area contributed by atoms with Crippen LogP contribution < -0.4 is 0 Å². The van der Waals surface area contributed by atoms with Gasteiger partial charge in [0.2, 0.25) is 0 Å². The summed E-state index contributed by atoms with van der Waals surface area (Å²) in [5.41, 5.74) is 2.01. The van der Waals surface area contributed by atoms with Crippen molar-refractivity contribution < 1.29 is 0 Å². The highest BCUT2D eigenvalue weighted by Crippen LogP contribution is 2.07. The molecule has 1 heteroatoms. The summed E-state index contributed by atoms with van der Waals surface area (Å²) >= 11 is 0. The van der Waals surface area contributed by atoms with Crippen molar-refractivity contribution in [3.63, 3.8) is 0 Å². The van der Waals surface area contributed by atoms with Crippen molar-refractivity contribution in [1.82, 2.24) is 0 Å². The molecule has 0 atom stereocenters. The third kappa shape index (κ3) is 8.54. The molecule has 0 aliphatic carbocycles. The van der Waals surface area contributed by atoms with Crippen LogP contribution in [0.2, 0.25) is 0 Å². The van der Waals surface area contributed by atoms with Gasteiger partial charge in [-0.05, 0) is 30.9 Å². The van der Waals surface area contributed by atoms with Gasteiger partial charge in [0.05, 0.1) is 0 Å². The third-order valence-corrected chi connectivity index (χ3v) is 1.26. The first-order chi connectivity index (χ1) is 6.22. The average Bonchev–Trinajstić information content (AvgIpc) is 2.17. The maximum Gasteiger partial charge on any atom is 0.0266 e. The van der Waals surface area contributed by atoms with E-state index in [2.05, 4.69) is 24.9 Å². The molecule has 0 saturated heterocycles. The predicted molar refractivity (Wildman–Crippen MR) is 63.1 cm³/mol. The lowest BCUT2D eigenvalue weighted by Crippen LogP contribution is -1.76. The summed E-state index contributed by atoms with van der Waals surface area (Å²) in [5.74, 6) is 0. The van der Waals surface area contributed by atoms with Crippen LogP contribution in [0.3, 0.4) is 0 Å². The van der Waals surface area contributed by atoms with E-state index < -0.39 is 0 Å². The van der Waals surface area contributed by atoms with Crippen LogP contribution in [0, 0.1) is 0 Å². The van der Waals surface area contributed by atoms with Crippen LogP contribution in [0.5, 0.6) is 0 Å². The Morgan fingerprint density at radius 1 is 1.31 bits per heavy atom. The summed E-state index contributed by atoms with van der Waals surface area (Å²) in [4.78, 5) is 3.57. The van der Waals surface area contributed by atoms with Crippen LogP contribution >= 0.6 is 0 Å². The van der Waals surface area contributed by atoms with E-state index in [-0.39, 0.29) is 0 Å². The summed E-state index contributed by atoms with van der Waals surface area (Å²) in [6.45, 7) is 16.7. The Balaban J connectivity index is 0. The normalized spacial score (nSPS) is 10.2. The van der Waals surface area contributed by atoms with Gasteiger partial charge in [-0.3, -0.25) is 4.99 Å². The van der Waals surface area contributed by atoms with Gasteiger partial charge in [-0.25, -0.2) is 0 Å². The minimum Gasteiger partial charge on any atom is -0.272 e. The summed E-state index contributed by atoms with van der Waals surface area (Å²) in [7, 11) is 0. The van der Waals surface area contributed by atoms with E-state index in [0.29, 0.717) is 0 Å². The molecule has 0 radical (unpaired) electrons. The molecular weight excluding hydrogens is 158 g/mol. The van der Waals surface area contributed by atoms with Crippen LogP contribution in [0.4, 0.5) is 0 Å². The third-order valence-electron chi connectivity index (χ3n) is 1.26. The Hall–Kier alpha value is -1.37. The molecule has 0 amide bonds. The van der Waals surface area contributed by atoms with E-state index in [1.165, 1.54) is 0 Å². The Labute approximate surface area is 81.9 Å². The van der Waals surface area contributed by atoms with Gasteiger partial charge in [-0.1, -0.05) is 39.2 Å². The summed E-state index contributed by atoms with van der Waals surface area (Å²) in [6, 6.07) is 0. The molecule has 0 aromatic heterocycles. The fourth-order valence-electron chi connectivity index (χ4n) is 0.558. The first-order valence-corrected chi connectivity index (χ1v) is 4.33. The molecule has 0 N–H and O–H groups in total. The van der Waals surface area contributed by atoms with Crippen LogP contribution in [-0.2, 0) is 0 Å². The predicted octanol–water partition coefficient (Wildman–Crippen LogP) is 3.92. The molecule has 72 valence electrons. The molecular formula is C12H19N. The van der Waals surface area contributed by atoms with Crippen LogP contribution in [-0.4, -0.2) is 6.72 Å². The molecule has 0 unspecified atom stereocenters. The Bertz CT molecular complexity index is 219. The van der Waals surface area contributed by atoms with Gasteiger partial charge >= 0.3 is 0 Å². The zero-order chi connectivity index (χ0) is 10.7. The first kappa shape index (κ1) is 14.2. The zero-order valence-electron chi connectivity index (χ0n) is 8.88. The highest BCUT2D eigenvalue weighted by Gasteiger charge is 1.87. The summed E-state index contributed by atoms with van der Waals surface area (Å²) < 4.78 is 0. The fraction of sp³-hybridized carbons (Fsp3) is 0.250. The van der Waals surface area contributed by atoms with Crippen molar-refractivity contribution in [3.8, 4) is 0 Å². The number of nitrogens with zero attached hydrogens (tertiary/aromatic N) is 1. The van der Waals surface area contributed by atoms with E-state index >= 15 is 0 Å². The van der Waals surface area contributed by atoms with Gasteiger partial charge in [-0.2, -0.15) is 0 Å². The topological polar surface area (TPSA) is 12.4 Å². The summed E-state index contributed by atoms with van der Waals surface area (Å²) in [6.07, 6.45) is 7.05. The molecule has 1 nitrogen and oxygen atoms in total. The molecule has 0 aliphatic rings. The molecule has 0 heterocycles. The molecule has 0 bridgehead atoms.